The molecule has 1 amide bonds. The fourth-order valence-electron chi connectivity index (χ4n) is 2.36. The van der Waals surface area contributed by atoms with Crippen LogP contribution in [0, 0.1) is 12.7 Å². The van der Waals surface area contributed by atoms with Crippen molar-refractivity contribution in [2.45, 2.75) is 13.5 Å². The summed E-state index contributed by atoms with van der Waals surface area (Å²) in [7, 11) is 0. The lowest BCUT2D eigenvalue weighted by Crippen LogP contribution is -2.22. The van der Waals surface area contributed by atoms with Crippen LogP contribution in [-0.2, 0) is 6.54 Å². The number of aromatic nitrogens is 1. The Kier molecular flexibility index (Phi) is 3.44. The number of carbonyl (C=O) groups is 1. The molecule has 0 atom stereocenters. The summed E-state index contributed by atoms with van der Waals surface area (Å²) in [4.78, 5) is 15.2. The predicted molar refractivity (Wildman–Crippen MR) is 80.6 cm³/mol. The lowest BCUT2D eigenvalue weighted by atomic mass is 10.1. The Morgan fingerprint density at radius 3 is 2.86 bits per heavy atom. The molecule has 0 saturated carbocycles. The highest BCUT2D eigenvalue weighted by atomic mass is 19.1. The van der Waals surface area contributed by atoms with Crippen LogP contribution in [0.15, 0.2) is 48.7 Å². The van der Waals surface area contributed by atoms with Crippen molar-refractivity contribution in [1.29, 1.82) is 0 Å². The van der Waals surface area contributed by atoms with Gasteiger partial charge in [-0.2, -0.15) is 0 Å². The summed E-state index contributed by atoms with van der Waals surface area (Å²) in [6.45, 7) is 2.45. The summed E-state index contributed by atoms with van der Waals surface area (Å²) in [5.41, 5.74) is 3.40. The molecule has 0 spiro atoms. The van der Waals surface area contributed by atoms with Gasteiger partial charge in [0, 0.05) is 23.6 Å². The van der Waals surface area contributed by atoms with E-state index in [0.717, 1.165) is 16.6 Å². The maximum Gasteiger partial charge on any atom is 0.253 e. The molecular weight excluding hydrogens is 267 g/mol. The van der Waals surface area contributed by atoms with Gasteiger partial charge in [0.05, 0.1) is 5.56 Å². The molecule has 0 radical (unpaired) electrons. The van der Waals surface area contributed by atoms with Gasteiger partial charge in [-0.3, -0.25) is 4.79 Å². The molecule has 2 N–H and O–H groups in total. The van der Waals surface area contributed by atoms with E-state index in [-0.39, 0.29) is 11.7 Å². The lowest BCUT2D eigenvalue weighted by molar-refractivity contribution is 0.0952. The molecule has 21 heavy (non-hydrogen) atoms. The van der Waals surface area contributed by atoms with Crippen LogP contribution in [-0.4, -0.2) is 10.9 Å². The number of benzene rings is 2. The third kappa shape index (κ3) is 2.65. The third-order valence-electron chi connectivity index (χ3n) is 3.59. The largest absolute Gasteiger partial charge is 0.360 e. The number of hydrogen-bond acceptors (Lipinski definition) is 1. The minimum Gasteiger partial charge on any atom is -0.360 e. The van der Waals surface area contributed by atoms with Crippen molar-refractivity contribution >= 4 is 16.8 Å². The van der Waals surface area contributed by atoms with Gasteiger partial charge in [0.25, 0.3) is 5.91 Å². The number of carbonyl (C=O) groups excluding carboxylic acids is 1. The minimum absolute atomic E-state index is 0.213. The van der Waals surface area contributed by atoms with Crippen molar-refractivity contribution in [3.63, 3.8) is 0 Å². The topological polar surface area (TPSA) is 44.9 Å². The predicted octanol–water partition coefficient (Wildman–Crippen LogP) is 3.55. The number of hydrogen-bond donors (Lipinski definition) is 2. The molecule has 0 aliphatic carbocycles. The average Bonchev–Trinajstić information content (AvgIpc) is 2.89. The molecule has 0 saturated heterocycles. The molecule has 0 aliphatic heterocycles. The Morgan fingerprint density at radius 2 is 2.05 bits per heavy atom. The Balaban J connectivity index is 1.81. The average molecular weight is 282 g/mol. The number of H-pyrrole nitrogens is 1. The summed E-state index contributed by atoms with van der Waals surface area (Å²) in [6, 6.07) is 12.2. The SMILES string of the molecule is Cc1ccccc1CNC(=O)c1c[nH]c2ccc(F)cc12. The number of nitrogens with one attached hydrogen (secondary N) is 2. The summed E-state index contributed by atoms with van der Waals surface area (Å²) < 4.78 is 13.3. The second kappa shape index (κ2) is 5.40. The van der Waals surface area contributed by atoms with E-state index < -0.39 is 0 Å². The highest BCUT2D eigenvalue weighted by molar-refractivity contribution is 6.06. The van der Waals surface area contributed by atoms with Crippen LogP contribution in [0.5, 0.6) is 0 Å². The normalized spacial score (nSPS) is 10.8. The fourth-order valence-corrected chi connectivity index (χ4v) is 2.36. The van der Waals surface area contributed by atoms with Gasteiger partial charge in [-0.1, -0.05) is 24.3 Å². The Labute approximate surface area is 121 Å². The molecule has 3 aromatic rings. The first-order valence-corrected chi connectivity index (χ1v) is 6.74. The zero-order valence-electron chi connectivity index (χ0n) is 11.6. The van der Waals surface area contributed by atoms with Crippen LogP contribution in [0.3, 0.4) is 0 Å². The summed E-state index contributed by atoms with van der Waals surface area (Å²) >= 11 is 0. The van der Waals surface area contributed by atoms with Crippen LogP contribution in [0.25, 0.3) is 10.9 Å². The number of rotatable bonds is 3. The molecule has 0 aliphatic rings. The Bertz CT molecular complexity index is 807. The number of amides is 1. The molecule has 1 heterocycles. The zero-order valence-corrected chi connectivity index (χ0v) is 11.6. The Morgan fingerprint density at radius 1 is 1.24 bits per heavy atom. The molecule has 4 heteroatoms. The van der Waals surface area contributed by atoms with Gasteiger partial charge < -0.3 is 10.3 Å². The van der Waals surface area contributed by atoms with E-state index in [4.69, 9.17) is 0 Å². The van der Waals surface area contributed by atoms with Crippen LogP contribution in [0.4, 0.5) is 4.39 Å². The van der Waals surface area contributed by atoms with E-state index in [0.29, 0.717) is 17.5 Å². The number of halogens is 1. The van der Waals surface area contributed by atoms with Crippen LogP contribution in [0.1, 0.15) is 21.5 Å². The molecule has 0 unspecified atom stereocenters. The molecule has 3 nitrogen and oxygen atoms in total. The Hall–Kier alpha value is -2.62. The first-order chi connectivity index (χ1) is 10.1. The van der Waals surface area contributed by atoms with Crippen molar-refractivity contribution in [2.75, 3.05) is 0 Å². The van der Waals surface area contributed by atoms with E-state index in [2.05, 4.69) is 10.3 Å². The zero-order chi connectivity index (χ0) is 14.8. The first kappa shape index (κ1) is 13.4. The molecule has 106 valence electrons. The molecule has 0 bridgehead atoms. The summed E-state index contributed by atoms with van der Waals surface area (Å²) in [6.07, 6.45) is 1.61. The van der Waals surface area contributed by atoms with Gasteiger partial charge in [0.2, 0.25) is 0 Å². The van der Waals surface area contributed by atoms with Crippen molar-refractivity contribution in [3.8, 4) is 0 Å². The van der Waals surface area contributed by atoms with Gasteiger partial charge in [-0.05, 0) is 36.2 Å². The van der Waals surface area contributed by atoms with Crippen LogP contribution >= 0.6 is 0 Å². The smallest absolute Gasteiger partial charge is 0.253 e. The fraction of sp³-hybridized carbons (Fsp3) is 0.118. The van der Waals surface area contributed by atoms with Gasteiger partial charge in [0.1, 0.15) is 5.82 Å². The molecular formula is C17H15FN2O. The monoisotopic (exact) mass is 282 g/mol. The van der Waals surface area contributed by atoms with E-state index in [1.54, 1.807) is 12.3 Å². The second-order valence-electron chi connectivity index (χ2n) is 5.00. The van der Waals surface area contributed by atoms with Crippen molar-refractivity contribution in [2.24, 2.45) is 0 Å². The first-order valence-electron chi connectivity index (χ1n) is 6.74. The third-order valence-corrected chi connectivity index (χ3v) is 3.59. The van der Waals surface area contributed by atoms with Gasteiger partial charge >= 0.3 is 0 Å². The van der Waals surface area contributed by atoms with E-state index in [9.17, 15) is 9.18 Å². The van der Waals surface area contributed by atoms with Gasteiger partial charge in [-0.25, -0.2) is 4.39 Å². The molecule has 1 aromatic heterocycles. The van der Waals surface area contributed by atoms with E-state index in [1.165, 1.54) is 12.1 Å². The summed E-state index contributed by atoms with van der Waals surface area (Å²) in [5, 5.41) is 3.47. The lowest BCUT2D eigenvalue weighted by Gasteiger charge is -2.07. The highest BCUT2D eigenvalue weighted by Crippen LogP contribution is 2.19. The molecule has 3 rings (SSSR count). The molecule has 2 aromatic carbocycles. The maximum atomic E-state index is 13.3. The number of aromatic amines is 1. The quantitative estimate of drug-likeness (QED) is 0.758. The van der Waals surface area contributed by atoms with E-state index >= 15 is 0 Å². The van der Waals surface area contributed by atoms with E-state index in [1.807, 2.05) is 31.2 Å². The standard InChI is InChI=1S/C17H15FN2O/c1-11-4-2-3-5-12(11)9-20-17(21)15-10-19-16-7-6-13(18)8-14(15)16/h2-8,10,19H,9H2,1H3,(H,20,21). The minimum atomic E-state index is -0.352. The highest BCUT2D eigenvalue weighted by Gasteiger charge is 2.12. The van der Waals surface area contributed by atoms with Gasteiger partial charge in [-0.15, -0.1) is 0 Å². The van der Waals surface area contributed by atoms with Crippen molar-refractivity contribution < 1.29 is 9.18 Å². The van der Waals surface area contributed by atoms with Crippen molar-refractivity contribution in [1.82, 2.24) is 10.3 Å². The maximum absolute atomic E-state index is 13.3. The number of fused-ring (bicyclic) bond motifs is 1. The molecule has 0 fully saturated rings. The van der Waals surface area contributed by atoms with Crippen LogP contribution < -0.4 is 5.32 Å². The summed E-state index contributed by atoms with van der Waals surface area (Å²) in [5.74, 6) is -0.565. The second-order valence-corrected chi connectivity index (χ2v) is 5.00. The van der Waals surface area contributed by atoms with Crippen molar-refractivity contribution in [3.05, 3.63) is 71.2 Å². The van der Waals surface area contributed by atoms with Gasteiger partial charge in [0.15, 0.2) is 0 Å². The van der Waals surface area contributed by atoms with Crippen LogP contribution in [0.2, 0.25) is 0 Å². The number of aryl methyl sites for hydroxylation is 1.